The van der Waals surface area contributed by atoms with Crippen molar-refractivity contribution in [1.82, 2.24) is 5.32 Å². The predicted molar refractivity (Wildman–Crippen MR) is 95.1 cm³/mol. The smallest absolute Gasteiger partial charge is 0.124 e. The van der Waals surface area contributed by atoms with Crippen LogP contribution in [0.4, 0.5) is 4.39 Å². The van der Waals surface area contributed by atoms with Gasteiger partial charge in [-0.3, -0.25) is 0 Å². The van der Waals surface area contributed by atoms with Gasteiger partial charge >= 0.3 is 0 Å². The van der Waals surface area contributed by atoms with Gasteiger partial charge in [0.2, 0.25) is 0 Å². The second-order valence-electron chi connectivity index (χ2n) is 5.15. The third kappa shape index (κ3) is 4.27. The van der Waals surface area contributed by atoms with E-state index in [1.807, 2.05) is 6.07 Å². The topological polar surface area (TPSA) is 12.0 Å². The molecule has 0 fully saturated rings. The van der Waals surface area contributed by atoms with Crippen LogP contribution in [0.25, 0.3) is 0 Å². The van der Waals surface area contributed by atoms with E-state index in [0.29, 0.717) is 0 Å². The Labute approximate surface area is 140 Å². The maximum Gasteiger partial charge on any atom is 0.124 e. The van der Waals surface area contributed by atoms with Crippen molar-refractivity contribution < 1.29 is 4.39 Å². The van der Waals surface area contributed by atoms with E-state index in [1.165, 1.54) is 11.1 Å². The molecule has 1 nitrogen and oxygen atoms in total. The van der Waals surface area contributed by atoms with Gasteiger partial charge in [0.1, 0.15) is 5.82 Å². The van der Waals surface area contributed by atoms with Crippen molar-refractivity contribution in [2.75, 3.05) is 6.54 Å². The minimum atomic E-state index is -0.182. The lowest BCUT2D eigenvalue weighted by molar-refractivity contribution is 0.590. The summed E-state index contributed by atoms with van der Waals surface area (Å²) >= 11 is 2.21. The average molecular weight is 397 g/mol. The molecule has 21 heavy (non-hydrogen) atoms. The monoisotopic (exact) mass is 397 g/mol. The molecule has 2 rings (SSSR count). The summed E-state index contributed by atoms with van der Waals surface area (Å²) < 4.78 is 14.3. The number of halogens is 2. The Bertz CT molecular complexity index is 580. The van der Waals surface area contributed by atoms with Gasteiger partial charge in [-0.1, -0.05) is 44.2 Å². The summed E-state index contributed by atoms with van der Waals surface area (Å²) in [6.07, 6.45) is 2.11. The van der Waals surface area contributed by atoms with Gasteiger partial charge in [-0.2, -0.15) is 0 Å². The molecule has 0 spiro atoms. The summed E-state index contributed by atoms with van der Waals surface area (Å²) in [6, 6.07) is 13.8. The van der Waals surface area contributed by atoms with Crippen LogP contribution in [0.3, 0.4) is 0 Å². The molecule has 1 N–H and O–H groups in total. The molecule has 1 unspecified atom stereocenters. The fourth-order valence-corrected chi connectivity index (χ4v) is 3.17. The molecule has 0 aliphatic rings. The Morgan fingerprint density at radius 1 is 1.10 bits per heavy atom. The maximum absolute atomic E-state index is 13.3. The van der Waals surface area contributed by atoms with Crippen LogP contribution >= 0.6 is 22.6 Å². The average Bonchev–Trinajstić information content (AvgIpc) is 2.50. The zero-order valence-electron chi connectivity index (χ0n) is 12.5. The summed E-state index contributed by atoms with van der Waals surface area (Å²) in [4.78, 5) is 0. The first-order valence-corrected chi connectivity index (χ1v) is 8.50. The standard InChI is InChI=1S/C18H21FIN/c1-3-11-21-18(14-7-5-13(4-2)6-8-14)16-10-9-15(19)12-17(16)20/h5-10,12,18,21H,3-4,11H2,1-2H3. The van der Waals surface area contributed by atoms with Crippen molar-refractivity contribution in [1.29, 1.82) is 0 Å². The van der Waals surface area contributed by atoms with Gasteiger partial charge in [0, 0.05) is 3.57 Å². The van der Waals surface area contributed by atoms with Gasteiger partial charge in [-0.05, 0) is 70.8 Å². The summed E-state index contributed by atoms with van der Waals surface area (Å²) in [5.41, 5.74) is 3.70. The molecule has 0 saturated heterocycles. The SMILES string of the molecule is CCCNC(c1ccc(CC)cc1)c1ccc(F)cc1I. The number of rotatable bonds is 6. The lowest BCUT2D eigenvalue weighted by atomic mass is 9.97. The molecule has 0 aliphatic heterocycles. The Morgan fingerprint density at radius 3 is 2.38 bits per heavy atom. The molecule has 0 radical (unpaired) electrons. The molecule has 0 aromatic heterocycles. The van der Waals surface area contributed by atoms with E-state index in [1.54, 1.807) is 12.1 Å². The molecule has 0 amide bonds. The van der Waals surface area contributed by atoms with E-state index in [-0.39, 0.29) is 11.9 Å². The molecule has 1 atom stereocenters. The third-order valence-corrected chi connectivity index (χ3v) is 4.53. The quantitative estimate of drug-likeness (QED) is 0.671. The summed E-state index contributed by atoms with van der Waals surface area (Å²) in [7, 11) is 0. The van der Waals surface area contributed by atoms with Crippen LogP contribution in [0.5, 0.6) is 0 Å². The fraction of sp³-hybridized carbons (Fsp3) is 0.333. The second kappa shape index (κ2) is 7.90. The highest BCUT2D eigenvalue weighted by molar-refractivity contribution is 14.1. The molecule has 2 aromatic carbocycles. The van der Waals surface area contributed by atoms with Gasteiger partial charge in [0.25, 0.3) is 0 Å². The highest BCUT2D eigenvalue weighted by Gasteiger charge is 2.16. The number of nitrogens with one attached hydrogen (secondary N) is 1. The molecule has 3 heteroatoms. The Kier molecular flexibility index (Phi) is 6.18. The van der Waals surface area contributed by atoms with Crippen LogP contribution in [0.15, 0.2) is 42.5 Å². The van der Waals surface area contributed by atoms with E-state index < -0.39 is 0 Å². The number of aryl methyl sites for hydroxylation is 1. The van der Waals surface area contributed by atoms with Gasteiger partial charge in [-0.25, -0.2) is 4.39 Å². The maximum atomic E-state index is 13.3. The zero-order chi connectivity index (χ0) is 15.2. The first-order chi connectivity index (χ1) is 10.2. The minimum Gasteiger partial charge on any atom is -0.306 e. The number of benzene rings is 2. The largest absolute Gasteiger partial charge is 0.306 e. The molecule has 0 heterocycles. The predicted octanol–water partition coefficient (Wildman–Crippen LogP) is 5.08. The zero-order valence-corrected chi connectivity index (χ0v) is 14.7. The van der Waals surface area contributed by atoms with E-state index in [4.69, 9.17) is 0 Å². The van der Waals surface area contributed by atoms with Crippen LogP contribution in [0, 0.1) is 9.39 Å². The third-order valence-electron chi connectivity index (χ3n) is 3.59. The van der Waals surface area contributed by atoms with E-state index in [0.717, 1.165) is 28.5 Å². The summed E-state index contributed by atoms with van der Waals surface area (Å²) in [5.74, 6) is -0.182. The van der Waals surface area contributed by atoms with E-state index in [9.17, 15) is 4.39 Å². The molecule has 2 aromatic rings. The summed E-state index contributed by atoms with van der Waals surface area (Å²) in [6.45, 7) is 5.25. The van der Waals surface area contributed by atoms with E-state index in [2.05, 4.69) is 66.0 Å². The van der Waals surface area contributed by atoms with Gasteiger partial charge in [0.15, 0.2) is 0 Å². The summed E-state index contributed by atoms with van der Waals surface area (Å²) in [5, 5.41) is 3.57. The molecular formula is C18H21FIN. The fourth-order valence-electron chi connectivity index (χ4n) is 2.38. The van der Waals surface area contributed by atoms with Crippen LogP contribution < -0.4 is 5.32 Å². The molecule has 0 aliphatic carbocycles. The molecule has 0 saturated carbocycles. The lowest BCUT2D eigenvalue weighted by Gasteiger charge is -2.21. The van der Waals surface area contributed by atoms with Crippen molar-refractivity contribution >= 4 is 22.6 Å². The Hall–Kier alpha value is -0.940. The van der Waals surface area contributed by atoms with Gasteiger partial charge in [-0.15, -0.1) is 0 Å². The molecule has 112 valence electrons. The van der Waals surface area contributed by atoms with Gasteiger partial charge in [0.05, 0.1) is 6.04 Å². The first kappa shape index (κ1) is 16.4. The van der Waals surface area contributed by atoms with Crippen molar-refractivity contribution in [3.8, 4) is 0 Å². The number of hydrogen-bond donors (Lipinski definition) is 1. The molecular weight excluding hydrogens is 376 g/mol. The Morgan fingerprint density at radius 2 is 1.81 bits per heavy atom. The van der Waals surface area contributed by atoms with Crippen molar-refractivity contribution in [2.45, 2.75) is 32.7 Å². The first-order valence-electron chi connectivity index (χ1n) is 7.42. The highest BCUT2D eigenvalue weighted by atomic mass is 127. The Balaban J connectivity index is 2.36. The van der Waals surface area contributed by atoms with Crippen molar-refractivity contribution in [3.05, 3.63) is 68.5 Å². The normalized spacial score (nSPS) is 12.4. The van der Waals surface area contributed by atoms with Crippen molar-refractivity contribution in [2.24, 2.45) is 0 Å². The van der Waals surface area contributed by atoms with Crippen LogP contribution in [0.2, 0.25) is 0 Å². The van der Waals surface area contributed by atoms with Crippen LogP contribution in [0.1, 0.15) is 43.0 Å². The van der Waals surface area contributed by atoms with Crippen molar-refractivity contribution in [3.63, 3.8) is 0 Å². The molecule has 0 bridgehead atoms. The lowest BCUT2D eigenvalue weighted by Crippen LogP contribution is -2.24. The van der Waals surface area contributed by atoms with E-state index >= 15 is 0 Å². The second-order valence-corrected chi connectivity index (χ2v) is 6.31. The minimum absolute atomic E-state index is 0.114. The van der Waals surface area contributed by atoms with Gasteiger partial charge < -0.3 is 5.32 Å². The number of hydrogen-bond acceptors (Lipinski definition) is 1. The highest BCUT2D eigenvalue weighted by Crippen LogP contribution is 2.27. The van der Waals surface area contributed by atoms with Crippen LogP contribution in [-0.2, 0) is 6.42 Å². The van der Waals surface area contributed by atoms with Crippen LogP contribution in [-0.4, -0.2) is 6.54 Å².